The molecule has 1 unspecified atom stereocenters. The van der Waals surface area contributed by atoms with Crippen LogP contribution in [0.15, 0.2) is 36.9 Å². The summed E-state index contributed by atoms with van der Waals surface area (Å²) in [6.07, 6.45) is 1.11. The smallest absolute Gasteiger partial charge is 0.123 e. The molecule has 1 atom stereocenters. The fourth-order valence-electron chi connectivity index (χ4n) is 2.06. The first-order chi connectivity index (χ1) is 10.5. The first-order valence-corrected chi connectivity index (χ1v) is 7.49. The zero-order chi connectivity index (χ0) is 16.4. The second kappa shape index (κ2) is 10.5. The molecule has 1 aromatic carbocycles. The molecule has 0 heterocycles. The van der Waals surface area contributed by atoms with Gasteiger partial charge in [0.1, 0.15) is 5.82 Å². The minimum atomic E-state index is -0.553. The molecule has 1 rings (SSSR count). The van der Waals surface area contributed by atoms with Crippen molar-refractivity contribution in [3.63, 3.8) is 0 Å². The zero-order valence-corrected chi connectivity index (χ0v) is 13.5. The van der Waals surface area contributed by atoms with Crippen LogP contribution >= 0.6 is 0 Å². The van der Waals surface area contributed by atoms with Gasteiger partial charge in [-0.3, -0.25) is 4.90 Å². The van der Waals surface area contributed by atoms with E-state index in [4.69, 9.17) is 4.74 Å². The number of hydrogen-bond acceptors (Lipinski definition) is 4. The molecule has 0 amide bonds. The van der Waals surface area contributed by atoms with E-state index in [-0.39, 0.29) is 12.4 Å². The third-order valence-electron chi connectivity index (χ3n) is 3.20. The molecule has 1 aromatic rings. The van der Waals surface area contributed by atoms with E-state index in [0.29, 0.717) is 19.7 Å². The van der Waals surface area contributed by atoms with Crippen LogP contribution < -0.4 is 0 Å². The van der Waals surface area contributed by atoms with Gasteiger partial charge < -0.3 is 14.7 Å². The Balaban J connectivity index is 2.54. The van der Waals surface area contributed by atoms with Crippen molar-refractivity contribution in [2.24, 2.45) is 0 Å². The molecule has 22 heavy (non-hydrogen) atoms. The standard InChI is InChI=1S/C17H27FN2O2/c1-4-11-22-14-17(21)13-20(10-9-19(2)3)12-15-5-7-16(18)8-6-15/h4-8,17,21H,1,9-14H2,2-3H3. The van der Waals surface area contributed by atoms with Crippen LogP contribution in [0.5, 0.6) is 0 Å². The maximum Gasteiger partial charge on any atom is 0.123 e. The Bertz CT molecular complexity index is 423. The van der Waals surface area contributed by atoms with E-state index in [1.807, 2.05) is 14.1 Å². The van der Waals surface area contributed by atoms with E-state index >= 15 is 0 Å². The molecule has 0 aromatic heterocycles. The van der Waals surface area contributed by atoms with Crippen LogP contribution in [0.4, 0.5) is 4.39 Å². The second-order valence-electron chi connectivity index (χ2n) is 5.64. The lowest BCUT2D eigenvalue weighted by molar-refractivity contribution is 0.0235. The van der Waals surface area contributed by atoms with E-state index in [1.165, 1.54) is 12.1 Å². The molecule has 0 fully saturated rings. The number of aliphatic hydroxyl groups is 1. The Kier molecular flexibility index (Phi) is 8.92. The van der Waals surface area contributed by atoms with Crippen LogP contribution in [-0.2, 0) is 11.3 Å². The number of likely N-dealkylation sites (N-methyl/N-ethyl adjacent to an activating group) is 1. The van der Waals surface area contributed by atoms with Gasteiger partial charge in [0.2, 0.25) is 0 Å². The fourth-order valence-corrected chi connectivity index (χ4v) is 2.06. The summed E-state index contributed by atoms with van der Waals surface area (Å²) in [4.78, 5) is 4.24. The van der Waals surface area contributed by atoms with Crippen molar-refractivity contribution in [2.75, 3.05) is 46.9 Å². The van der Waals surface area contributed by atoms with Crippen LogP contribution in [-0.4, -0.2) is 68.0 Å². The molecule has 0 spiro atoms. The third kappa shape index (κ3) is 8.24. The summed E-state index contributed by atoms with van der Waals surface area (Å²) in [5, 5.41) is 10.1. The molecule has 0 bridgehead atoms. The quantitative estimate of drug-likeness (QED) is 0.499. The maximum absolute atomic E-state index is 13.0. The molecule has 0 aliphatic rings. The van der Waals surface area contributed by atoms with Crippen LogP contribution in [0.3, 0.4) is 0 Å². The van der Waals surface area contributed by atoms with Crippen molar-refractivity contribution in [1.82, 2.24) is 9.80 Å². The van der Waals surface area contributed by atoms with Crippen LogP contribution in [0.25, 0.3) is 0 Å². The summed E-state index contributed by atoms with van der Waals surface area (Å²) >= 11 is 0. The summed E-state index contributed by atoms with van der Waals surface area (Å²) in [6, 6.07) is 6.48. The molecule has 124 valence electrons. The van der Waals surface area contributed by atoms with Gasteiger partial charge >= 0.3 is 0 Å². The highest BCUT2D eigenvalue weighted by molar-refractivity contribution is 5.15. The molecule has 1 N–H and O–H groups in total. The van der Waals surface area contributed by atoms with E-state index in [1.54, 1.807) is 18.2 Å². The predicted molar refractivity (Wildman–Crippen MR) is 87.3 cm³/mol. The van der Waals surface area contributed by atoms with Gasteiger partial charge in [0.15, 0.2) is 0 Å². The molecule has 0 aliphatic carbocycles. The van der Waals surface area contributed by atoms with Crippen molar-refractivity contribution in [1.29, 1.82) is 0 Å². The minimum Gasteiger partial charge on any atom is -0.389 e. The van der Waals surface area contributed by atoms with Crippen molar-refractivity contribution in [3.05, 3.63) is 48.3 Å². The van der Waals surface area contributed by atoms with Gasteiger partial charge in [0.25, 0.3) is 0 Å². The van der Waals surface area contributed by atoms with Gasteiger partial charge in [-0.1, -0.05) is 18.2 Å². The van der Waals surface area contributed by atoms with Crippen molar-refractivity contribution >= 4 is 0 Å². The Morgan fingerprint density at radius 2 is 1.95 bits per heavy atom. The second-order valence-corrected chi connectivity index (χ2v) is 5.64. The Morgan fingerprint density at radius 3 is 2.55 bits per heavy atom. The Hall–Kier alpha value is -1.27. The van der Waals surface area contributed by atoms with Gasteiger partial charge in [-0.2, -0.15) is 0 Å². The minimum absolute atomic E-state index is 0.235. The number of hydrogen-bond donors (Lipinski definition) is 1. The fraction of sp³-hybridized carbons (Fsp3) is 0.529. The first kappa shape index (κ1) is 18.8. The molecule has 0 saturated carbocycles. The van der Waals surface area contributed by atoms with E-state index < -0.39 is 6.10 Å². The van der Waals surface area contributed by atoms with Gasteiger partial charge in [0, 0.05) is 26.2 Å². The van der Waals surface area contributed by atoms with E-state index in [0.717, 1.165) is 18.7 Å². The lowest BCUT2D eigenvalue weighted by atomic mass is 10.2. The largest absolute Gasteiger partial charge is 0.389 e. The Labute approximate surface area is 132 Å². The number of aliphatic hydroxyl groups excluding tert-OH is 1. The SMILES string of the molecule is C=CCOCC(O)CN(CCN(C)C)Cc1ccc(F)cc1. The number of halogens is 1. The van der Waals surface area contributed by atoms with Crippen LogP contribution in [0.2, 0.25) is 0 Å². The van der Waals surface area contributed by atoms with Gasteiger partial charge in [0.05, 0.1) is 19.3 Å². The van der Waals surface area contributed by atoms with Gasteiger partial charge in [-0.05, 0) is 31.8 Å². The Morgan fingerprint density at radius 1 is 1.27 bits per heavy atom. The average molecular weight is 310 g/mol. The molecular weight excluding hydrogens is 283 g/mol. The molecular formula is C17H27FN2O2. The highest BCUT2D eigenvalue weighted by Gasteiger charge is 2.13. The average Bonchev–Trinajstić information content (AvgIpc) is 2.47. The highest BCUT2D eigenvalue weighted by Crippen LogP contribution is 2.07. The van der Waals surface area contributed by atoms with Crippen molar-refractivity contribution < 1.29 is 14.2 Å². The van der Waals surface area contributed by atoms with Gasteiger partial charge in [-0.15, -0.1) is 6.58 Å². The zero-order valence-electron chi connectivity index (χ0n) is 13.5. The first-order valence-electron chi connectivity index (χ1n) is 7.49. The highest BCUT2D eigenvalue weighted by atomic mass is 19.1. The van der Waals surface area contributed by atoms with Crippen molar-refractivity contribution in [3.8, 4) is 0 Å². The van der Waals surface area contributed by atoms with E-state index in [9.17, 15) is 9.50 Å². The van der Waals surface area contributed by atoms with Crippen LogP contribution in [0.1, 0.15) is 5.56 Å². The predicted octanol–water partition coefficient (Wildman–Crippen LogP) is 1.75. The lowest BCUT2D eigenvalue weighted by Gasteiger charge is -2.26. The summed E-state index contributed by atoms with van der Waals surface area (Å²) < 4.78 is 18.3. The number of benzene rings is 1. The summed E-state index contributed by atoms with van der Waals surface area (Å²) in [7, 11) is 4.03. The topological polar surface area (TPSA) is 35.9 Å². The summed E-state index contributed by atoms with van der Waals surface area (Å²) in [5.74, 6) is -0.235. The van der Waals surface area contributed by atoms with Gasteiger partial charge in [-0.25, -0.2) is 4.39 Å². The number of nitrogens with zero attached hydrogens (tertiary/aromatic N) is 2. The molecule has 4 nitrogen and oxygen atoms in total. The van der Waals surface area contributed by atoms with Crippen molar-refractivity contribution in [2.45, 2.75) is 12.6 Å². The van der Waals surface area contributed by atoms with E-state index in [2.05, 4.69) is 16.4 Å². The maximum atomic E-state index is 13.0. The molecule has 0 saturated heterocycles. The summed E-state index contributed by atoms with van der Waals surface area (Å²) in [6.45, 7) is 7.20. The molecule has 0 radical (unpaired) electrons. The number of ether oxygens (including phenoxy) is 1. The molecule has 0 aliphatic heterocycles. The lowest BCUT2D eigenvalue weighted by Crippen LogP contribution is -2.38. The normalized spacial score (nSPS) is 12.8. The summed E-state index contributed by atoms with van der Waals surface area (Å²) in [5.41, 5.74) is 1.03. The van der Waals surface area contributed by atoms with Crippen LogP contribution in [0, 0.1) is 5.82 Å². The number of rotatable bonds is 11. The third-order valence-corrected chi connectivity index (χ3v) is 3.20. The molecule has 5 heteroatoms. The monoisotopic (exact) mass is 310 g/mol.